The average Bonchev–Trinajstić information content (AvgIpc) is 2.91. The predicted molar refractivity (Wildman–Crippen MR) is 81.8 cm³/mol. The van der Waals surface area contributed by atoms with Crippen molar-refractivity contribution in [3.8, 4) is 0 Å². The lowest BCUT2D eigenvalue weighted by atomic mass is 10.2. The molecule has 0 amide bonds. The van der Waals surface area contributed by atoms with Gasteiger partial charge in [-0.3, -0.25) is 0 Å². The van der Waals surface area contributed by atoms with E-state index in [9.17, 15) is 0 Å². The van der Waals surface area contributed by atoms with E-state index in [2.05, 4.69) is 41.6 Å². The third-order valence-electron chi connectivity index (χ3n) is 3.45. The van der Waals surface area contributed by atoms with E-state index in [1.165, 1.54) is 9.75 Å². The van der Waals surface area contributed by atoms with Crippen LogP contribution in [0.15, 0.2) is 30.3 Å². The minimum atomic E-state index is 0.298. The van der Waals surface area contributed by atoms with Crippen LogP contribution in [0.5, 0.6) is 0 Å². The molecule has 1 atom stereocenters. The SMILES string of the molecule is Cc1ccc(C(C)n2c(C)nc3cc(N)ccc32)s1. The van der Waals surface area contributed by atoms with Gasteiger partial charge in [0, 0.05) is 15.4 Å². The number of rotatable bonds is 2. The fourth-order valence-electron chi connectivity index (χ4n) is 2.53. The minimum absolute atomic E-state index is 0.298. The van der Waals surface area contributed by atoms with Gasteiger partial charge in [-0.05, 0) is 51.1 Å². The highest BCUT2D eigenvalue weighted by atomic mass is 32.1. The van der Waals surface area contributed by atoms with E-state index in [1.807, 2.05) is 30.4 Å². The third-order valence-corrected chi connectivity index (χ3v) is 4.62. The Balaban J connectivity index is 2.16. The molecule has 4 heteroatoms. The summed E-state index contributed by atoms with van der Waals surface area (Å²) in [5.41, 5.74) is 8.70. The number of benzene rings is 1. The van der Waals surface area contributed by atoms with Gasteiger partial charge in [0.2, 0.25) is 0 Å². The van der Waals surface area contributed by atoms with Crippen LogP contribution >= 0.6 is 11.3 Å². The second-order valence-corrected chi connectivity index (χ2v) is 6.22. The van der Waals surface area contributed by atoms with Gasteiger partial charge >= 0.3 is 0 Å². The van der Waals surface area contributed by atoms with Crippen molar-refractivity contribution in [2.24, 2.45) is 0 Å². The summed E-state index contributed by atoms with van der Waals surface area (Å²) in [6, 6.07) is 10.6. The van der Waals surface area contributed by atoms with Crippen molar-refractivity contribution in [3.05, 3.63) is 45.9 Å². The fraction of sp³-hybridized carbons (Fsp3) is 0.267. The largest absolute Gasteiger partial charge is 0.399 e. The molecule has 0 bridgehead atoms. The van der Waals surface area contributed by atoms with Crippen molar-refractivity contribution < 1.29 is 0 Å². The molecule has 0 saturated heterocycles. The number of aryl methyl sites for hydroxylation is 2. The molecule has 0 spiro atoms. The van der Waals surface area contributed by atoms with E-state index >= 15 is 0 Å². The van der Waals surface area contributed by atoms with Crippen molar-refractivity contribution in [3.63, 3.8) is 0 Å². The average molecular weight is 271 g/mol. The molecule has 3 aromatic rings. The van der Waals surface area contributed by atoms with Gasteiger partial charge < -0.3 is 10.3 Å². The van der Waals surface area contributed by atoms with Gasteiger partial charge in [-0.2, -0.15) is 0 Å². The molecule has 3 rings (SSSR count). The molecular weight excluding hydrogens is 254 g/mol. The molecule has 0 aliphatic rings. The highest BCUT2D eigenvalue weighted by Gasteiger charge is 2.16. The number of imidazole rings is 1. The van der Waals surface area contributed by atoms with Gasteiger partial charge in [0.25, 0.3) is 0 Å². The number of hydrogen-bond acceptors (Lipinski definition) is 3. The van der Waals surface area contributed by atoms with Gasteiger partial charge in [0.1, 0.15) is 5.82 Å². The van der Waals surface area contributed by atoms with Crippen molar-refractivity contribution in [2.45, 2.75) is 26.8 Å². The Morgan fingerprint density at radius 1 is 1.21 bits per heavy atom. The number of nitrogens with zero attached hydrogens (tertiary/aromatic N) is 2. The second-order valence-electron chi connectivity index (χ2n) is 4.90. The van der Waals surface area contributed by atoms with Crippen molar-refractivity contribution in [2.75, 3.05) is 5.73 Å². The van der Waals surface area contributed by atoms with E-state index in [4.69, 9.17) is 5.73 Å². The normalized spacial score (nSPS) is 13.0. The number of nitrogens with two attached hydrogens (primary N) is 1. The van der Waals surface area contributed by atoms with Gasteiger partial charge in [-0.1, -0.05) is 0 Å². The Kier molecular flexibility index (Phi) is 2.82. The van der Waals surface area contributed by atoms with E-state index in [1.54, 1.807) is 0 Å². The van der Waals surface area contributed by atoms with Gasteiger partial charge in [-0.15, -0.1) is 11.3 Å². The van der Waals surface area contributed by atoms with Crippen LogP contribution in [0, 0.1) is 13.8 Å². The van der Waals surface area contributed by atoms with Crippen LogP contribution in [0.2, 0.25) is 0 Å². The third kappa shape index (κ3) is 2.02. The number of thiophene rings is 1. The Morgan fingerprint density at radius 2 is 2.00 bits per heavy atom. The molecule has 0 fully saturated rings. The van der Waals surface area contributed by atoms with Crippen LogP contribution in [0.3, 0.4) is 0 Å². The maximum Gasteiger partial charge on any atom is 0.107 e. The van der Waals surface area contributed by atoms with E-state index in [0.29, 0.717) is 6.04 Å². The Bertz CT molecular complexity index is 739. The zero-order valence-electron chi connectivity index (χ0n) is 11.3. The first kappa shape index (κ1) is 12.2. The highest BCUT2D eigenvalue weighted by molar-refractivity contribution is 7.12. The summed E-state index contributed by atoms with van der Waals surface area (Å²) in [4.78, 5) is 7.31. The van der Waals surface area contributed by atoms with Gasteiger partial charge in [0.05, 0.1) is 17.1 Å². The Labute approximate surface area is 116 Å². The summed E-state index contributed by atoms with van der Waals surface area (Å²) in [5.74, 6) is 1.03. The van der Waals surface area contributed by atoms with E-state index in [-0.39, 0.29) is 0 Å². The van der Waals surface area contributed by atoms with Crippen LogP contribution in [0.4, 0.5) is 5.69 Å². The van der Waals surface area contributed by atoms with Gasteiger partial charge in [0.15, 0.2) is 0 Å². The van der Waals surface area contributed by atoms with Gasteiger partial charge in [-0.25, -0.2) is 4.98 Å². The molecule has 19 heavy (non-hydrogen) atoms. The lowest BCUT2D eigenvalue weighted by Crippen LogP contribution is -2.07. The topological polar surface area (TPSA) is 43.8 Å². The highest BCUT2D eigenvalue weighted by Crippen LogP contribution is 2.30. The first-order valence-electron chi connectivity index (χ1n) is 6.36. The molecule has 2 N–H and O–H groups in total. The molecule has 2 heterocycles. The molecule has 1 unspecified atom stereocenters. The summed E-state index contributed by atoms with van der Waals surface area (Å²) >= 11 is 1.84. The molecule has 0 saturated carbocycles. The van der Waals surface area contributed by atoms with Crippen LogP contribution in [0.25, 0.3) is 11.0 Å². The zero-order chi connectivity index (χ0) is 13.6. The smallest absolute Gasteiger partial charge is 0.107 e. The monoisotopic (exact) mass is 271 g/mol. The number of aromatic nitrogens is 2. The molecule has 0 aliphatic carbocycles. The lowest BCUT2D eigenvalue weighted by molar-refractivity contribution is 0.648. The summed E-state index contributed by atoms with van der Waals surface area (Å²) in [6.07, 6.45) is 0. The summed E-state index contributed by atoms with van der Waals surface area (Å²) < 4.78 is 2.28. The standard InChI is InChI=1S/C15H17N3S/c1-9-4-7-15(19-9)10(2)18-11(3)17-13-8-12(16)5-6-14(13)18/h4-8,10H,16H2,1-3H3. The van der Waals surface area contributed by atoms with E-state index < -0.39 is 0 Å². The van der Waals surface area contributed by atoms with Crippen molar-refractivity contribution >= 4 is 28.1 Å². The second kappa shape index (κ2) is 4.38. The maximum atomic E-state index is 5.83. The number of nitrogen functional groups attached to an aromatic ring is 1. The molecule has 1 aromatic carbocycles. The Hall–Kier alpha value is -1.81. The van der Waals surface area contributed by atoms with Crippen LogP contribution in [-0.4, -0.2) is 9.55 Å². The first-order chi connectivity index (χ1) is 9.06. The fourth-order valence-corrected chi connectivity index (χ4v) is 3.45. The van der Waals surface area contributed by atoms with Crippen LogP contribution < -0.4 is 5.73 Å². The summed E-state index contributed by atoms with van der Waals surface area (Å²) in [6.45, 7) is 6.41. The number of anilines is 1. The summed E-state index contributed by atoms with van der Waals surface area (Å²) in [7, 11) is 0. The van der Waals surface area contributed by atoms with Crippen LogP contribution in [-0.2, 0) is 0 Å². The van der Waals surface area contributed by atoms with E-state index in [0.717, 1.165) is 22.5 Å². The maximum absolute atomic E-state index is 5.83. The molecule has 0 radical (unpaired) electrons. The summed E-state index contributed by atoms with van der Waals surface area (Å²) in [5, 5.41) is 0. The van der Waals surface area contributed by atoms with Crippen molar-refractivity contribution in [1.29, 1.82) is 0 Å². The number of fused-ring (bicyclic) bond motifs is 1. The lowest BCUT2D eigenvalue weighted by Gasteiger charge is -2.15. The van der Waals surface area contributed by atoms with Crippen LogP contribution in [0.1, 0.15) is 28.5 Å². The first-order valence-corrected chi connectivity index (χ1v) is 7.18. The van der Waals surface area contributed by atoms with Crippen molar-refractivity contribution in [1.82, 2.24) is 9.55 Å². The molecule has 0 aliphatic heterocycles. The predicted octanol–water partition coefficient (Wildman–Crippen LogP) is 3.91. The molecule has 98 valence electrons. The molecule has 2 aromatic heterocycles. The zero-order valence-corrected chi connectivity index (χ0v) is 12.2. The molecule has 3 nitrogen and oxygen atoms in total. The molecular formula is C15H17N3S. The number of hydrogen-bond donors (Lipinski definition) is 1. The Morgan fingerprint density at radius 3 is 2.68 bits per heavy atom. The quantitative estimate of drug-likeness (QED) is 0.718. The minimum Gasteiger partial charge on any atom is -0.399 e.